The molecule has 34 heavy (non-hydrogen) atoms. The van der Waals surface area contributed by atoms with E-state index in [1.807, 2.05) is 66.9 Å². The quantitative estimate of drug-likeness (QED) is 0.363. The minimum atomic E-state index is -0.334. The molecule has 0 unspecified atom stereocenters. The van der Waals surface area contributed by atoms with Gasteiger partial charge in [0.25, 0.3) is 11.8 Å². The molecular formula is C26H25N3O4S. The van der Waals surface area contributed by atoms with Gasteiger partial charge in [0, 0.05) is 17.5 Å². The zero-order valence-electron chi connectivity index (χ0n) is 18.8. The van der Waals surface area contributed by atoms with Gasteiger partial charge in [0.1, 0.15) is 5.75 Å². The Hall–Kier alpha value is -3.91. The van der Waals surface area contributed by atoms with E-state index in [0.717, 1.165) is 16.0 Å². The SMILES string of the molecule is Cc1ccc(CNC(=O)c2cc(CN(Cc3cccs3)C(=O)COc3ccccc3)on2)cc1. The van der Waals surface area contributed by atoms with Crippen LogP contribution in [-0.2, 0) is 24.4 Å². The summed E-state index contributed by atoms with van der Waals surface area (Å²) in [6.45, 7) is 2.88. The van der Waals surface area contributed by atoms with E-state index in [1.165, 1.54) is 0 Å². The Bertz CT molecular complexity index is 1200. The number of carbonyl (C=O) groups excluding carboxylic acids is 2. The van der Waals surface area contributed by atoms with Crippen LogP contribution in [0.2, 0.25) is 0 Å². The van der Waals surface area contributed by atoms with Crippen LogP contribution in [0, 0.1) is 6.92 Å². The fourth-order valence-corrected chi connectivity index (χ4v) is 3.96. The molecule has 2 aromatic carbocycles. The summed E-state index contributed by atoms with van der Waals surface area (Å²) in [7, 11) is 0. The predicted molar refractivity (Wildman–Crippen MR) is 129 cm³/mol. The zero-order valence-corrected chi connectivity index (χ0v) is 19.6. The molecule has 0 aliphatic heterocycles. The minimum absolute atomic E-state index is 0.104. The van der Waals surface area contributed by atoms with Gasteiger partial charge in [-0.25, -0.2) is 0 Å². The number of thiophene rings is 1. The molecule has 2 aromatic heterocycles. The number of benzene rings is 2. The molecule has 174 valence electrons. The summed E-state index contributed by atoms with van der Waals surface area (Å²) in [4.78, 5) is 28.1. The number of aryl methyl sites for hydroxylation is 1. The molecule has 4 rings (SSSR count). The first kappa shape index (κ1) is 23.3. The Labute approximate surface area is 202 Å². The number of rotatable bonds is 10. The van der Waals surface area contributed by atoms with Gasteiger partial charge in [0.2, 0.25) is 0 Å². The van der Waals surface area contributed by atoms with Gasteiger partial charge < -0.3 is 19.5 Å². The second-order valence-electron chi connectivity index (χ2n) is 7.78. The van der Waals surface area contributed by atoms with Crippen LogP contribution in [0.4, 0.5) is 0 Å². The van der Waals surface area contributed by atoms with Gasteiger partial charge >= 0.3 is 0 Å². The van der Waals surface area contributed by atoms with Crippen LogP contribution in [0.5, 0.6) is 5.75 Å². The van der Waals surface area contributed by atoms with E-state index >= 15 is 0 Å². The van der Waals surface area contributed by atoms with Gasteiger partial charge in [-0.05, 0) is 36.1 Å². The summed E-state index contributed by atoms with van der Waals surface area (Å²) in [5, 5.41) is 8.69. The van der Waals surface area contributed by atoms with E-state index in [2.05, 4.69) is 10.5 Å². The van der Waals surface area contributed by atoms with E-state index in [4.69, 9.17) is 9.26 Å². The fraction of sp³-hybridized carbons (Fsp3) is 0.192. The van der Waals surface area contributed by atoms with Gasteiger partial charge in [0.05, 0.1) is 13.1 Å². The summed E-state index contributed by atoms with van der Waals surface area (Å²) < 4.78 is 11.0. The smallest absolute Gasteiger partial charge is 0.273 e. The first-order chi connectivity index (χ1) is 16.6. The summed E-state index contributed by atoms with van der Waals surface area (Å²) in [5.41, 5.74) is 2.33. The molecule has 0 fully saturated rings. The highest BCUT2D eigenvalue weighted by Gasteiger charge is 2.20. The number of hydrogen-bond donors (Lipinski definition) is 1. The summed E-state index contributed by atoms with van der Waals surface area (Å²) in [5.74, 6) is 0.516. The third kappa shape index (κ3) is 6.55. The molecule has 8 heteroatoms. The lowest BCUT2D eigenvalue weighted by Gasteiger charge is -2.21. The minimum Gasteiger partial charge on any atom is -0.484 e. The van der Waals surface area contributed by atoms with E-state index in [9.17, 15) is 9.59 Å². The number of ether oxygens (including phenoxy) is 1. The molecule has 0 aliphatic carbocycles. The average molecular weight is 476 g/mol. The molecule has 4 aromatic rings. The second kappa shape index (κ2) is 11.3. The molecule has 0 atom stereocenters. The molecule has 1 N–H and O–H groups in total. The maximum Gasteiger partial charge on any atom is 0.273 e. The van der Waals surface area contributed by atoms with E-state index < -0.39 is 0 Å². The van der Waals surface area contributed by atoms with Crippen molar-refractivity contribution in [1.29, 1.82) is 0 Å². The zero-order chi connectivity index (χ0) is 23.8. The molecule has 0 saturated heterocycles. The topological polar surface area (TPSA) is 84.7 Å². The molecule has 0 radical (unpaired) electrons. The van der Waals surface area contributed by atoms with Crippen molar-refractivity contribution in [3.8, 4) is 5.75 Å². The van der Waals surface area contributed by atoms with E-state index in [1.54, 1.807) is 34.4 Å². The van der Waals surface area contributed by atoms with Crippen molar-refractivity contribution in [3.63, 3.8) is 0 Å². The molecular weight excluding hydrogens is 450 g/mol. The van der Waals surface area contributed by atoms with Gasteiger partial charge in [-0.1, -0.05) is 59.3 Å². The largest absolute Gasteiger partial charge is 0.484 e. The summed E-state index contributed by atoms with van der Waals surface area (Å²) >= 11 is 1.56. The van der Waals surface area contributed by atoms with Crippen LogP contribution < -0.4 is 10.1 Å². The molecule has 0 saturated carbocycles. The van der Waals surface area contributed by atoms with Crippen LogP contribution in [0.15, 0.2) is 82.7 Å². The van der Waals surface area contributed by atoms with Crippen molar-refractivity contribution in [2.75, 3.05) is 6.61 Å². The van der Waals surface area contributed by atoms with Crippen molar-refractivity contribution in [3.05, 3.63) is 106 Å². The number of aromatic nitrogens is 1. The molecule has 7 nitrogen and oxygen atoms in total. The number of hydrogen-bond acceptors (Lipinski definition) is 6. The van der Waals surface area contributed by atoms with Crippen LogP contribution in [0.1, 0.15) is 32.3 Å². The van der Waals surface area contributed by atoms with E-state index in [0.29, 0.717) is 24.6 Å². The van der Waals surface area contributed by atoms with Crippen molar-refractivity contribution in [2.24, 2.45) is 0 Å². The number of nitrogens with zero attached hydrogens (tertiary/aromatic N) is 2. The van der Waals surface area contributed by atoms with Crippen molar-refractivity contribution >= 4 is 23.2 Å². The monoisotopic (exact) mass is 475 g/mol. The number of nitrogens with one attached hydrogen (secondary N) is 1. The molecule has 0 bridgehead atoms. The first-order valence-electron chi connectivity index (χ1n) is 10.8. The standard InChI is InChI=1S/C26H25N3O4S/c1-19-9-11-20(12-10-19)15-27-26(31)24-14-22(33-28-24)16-29(17-23-8-5-13-34-23)25(30)18-32-21-6-3-2-4-7-21/h2-14H,15-18H2,1H3,(H,27,31). The molecule has 2 amide bonds. The number of carbonyl (C=O) groups is 2. The van der Waals surface area contributed by atoms with Crippen molar-refractivity contribution < 1.29 is 18.8 Å². The van der Waals surface area contributed by atoms with E-state index in [-0.39, 0.29) is 30.7 Å². The summed E-state index contributed by atoms with van der Waals surface area (Å²) in [6, 6.07) is 22.6. The lowest BCUT2D eigenvalue weighted by Crippen LogP contribution is -2.33. The third-order valence-electron chi connectivity index (χ3n) is 5.10. The van der Waals surface area contributed by atoms with Crippen LogP contribution >= 0.6 is 11.3 Å². The third-order valence-corrected chi connectivity index (χ3v) is 5.96. The number of para-hydroxylation sites is 1. The number of amides is 2. The van der Waals surface area contributed by atoms with Gasteiger partial charge in [-0.3, -0.25) is 9.59 Å². The van der Waals surface area contributed by atoms with Crippen LogP contribution in [0.3, 0.4) is 0 Å². The highest BCUT2D eigenvalue weighted by Crippen LogP contribution is 2.16. The van der Waals surface area contributed by atoms with Crippen molar-refractivity contribution in [2.45, 2.75) is 26.6 Å². The lowest BCUT2D eigenvalue weighted by atomic mass is 10.1. The highest BCUT2D eigenvalue weighted by molar-refractivity contribution is 7.09. The lowest BCUT2D eigenvalue weighted by molar-refractivity contribution is -0.134. The first-order valence-corrected chi connectivity index (χ1v) is 11.7. The van der Waals surface area contributed by atoms with Crippen LogP contribution in [0.25, 0.3) is 0 Å². The second-order valence-corrected chi connectivity index (χ2v) is 8.81. The maximum absolute atomic E-state index is 12.9. The Morgan fingerprint density at radius 2 is 1.82 bits per heavy atom. The normalized spacial score (nSPS) is 10.6. The highest BCUT2D eigenvalue weighted by atomic mass is 32.1. The van der Waals surface area contributed by atoms with Gasteiger partial charge in [-0.2, -0.15) is 0 Å². The van der Waals surface area contributed by atoms with Crippen molar-refractivity contribution in [1.82, 2.24) is 15.4 Å². The Morgan fingerprint density at radius 3 is 2.56 bits per heavy atom. The Balaban J connectivity index is 1.38. The maximum atomic E-state index is 12.9. The molecule has 0 aliphatic rings. The predicted octanol–water partition coefficient (Wildman–Crippen LogP) is 4.58. The summed E-state index contributed by atoms with van der Waals surface area (Å²) in [6.07, 6.45) is 0. The van der Waals surface area contributed by atoms with Gasteiger partial charge in [0.15, 0.2) is 18.1 Å². The van der Waals surface area contributed by atoms with Crippen LogP contribution in [-0.4, -0.2) is 28.5 Å². The average Bonchev–Trinajstić information content (AvgIpc) is 3.55. The Kier molecular flexibility index (Phi) is 7.72. The molecule has 2 heterocycles. The fourth-order valence-electron chi connectivity index (χ4n) is 3.24. The Morgan fingerprint density at radius 1 is 1.03 bits per heavy atom. The molecule has 0 spiro atoms. The van der Waals surface area contributed by atoms with Gasteiger partial charge in [-0.15, -0.1) is 11.3 Å².